The van der Waals surface area contributed by atoms with Crippen molar-refractivity contribution in [2.45, 2.75) is 26.2 Å². The largest absolute Gasteiger partial charge is 0.493 e. The summed E-state index contributed by atoms with van der Waals surface area (Å²) in [4.78, 5) is 12.6. The number of aromatic nitrogens is 2. The van der Waals surface area contributed by atoms with Gasteiger partial charge in [0.05, 0.1) is 31.2 Å². The maximum Gasteiger partial charge on any atom is 0.416 e. The van der Waals surface area contributed by atoms with E-state index >= 15 is 0 Å². The van der Waals surface area contributed by atoms with Gasteiger partial charge in [0.15, 0.2) is 11.5 Å². The molecular formula is C25H29F3N4O2. The molecule has 0 atom stereocenters. The zero-order valence-corrected chi connectivity index (χ0v) is 19.6. The molecule has 1 fully saturated rings. The van der Waals surface area contributed by atoms with Gasteiger partial charge in [-0.25, -0.2) is 4.98 Å². The molecule has 2 heterocycles. The molecule has 0 unspecified atom stereocenters. The van der Waals surface area contributed by atoms with Crippen LogP contribution in [0, 0.1) is 6.92 Å². The molecule has 2 aromatic carbocycles. The van der Waals surface area contributed by atoms with E-state index in [9.17, 15) is 13.2 Å². The van der Waals surface area contributed by atoms with Crippen LogP contribution < -0.4 is 9.47 Å². The number of hydrogen-bond acceptors (Lipinski definition) is 5. The molecule has 34 heavy (non-hydrogen) atoms. The summed E-state index contributed by atoms with van der Waals surface area (Å²) in [6, 6.07) is 11.0. The summed E-state index contributed by atoms with van der Waals surface area (Å²) in [7, 11) is 3.30. The number of rotatable bonds is 7. The molecule has 6 nitrogen and oxygen atoms in total. The van der Waals surface area contributed by atoms with Crippen LogP contribution in [0.3, 0.4) is 0 Å². The second kappa shape index (κ2) is 10.1. The highest BCUT2D eigenvalue weighted by atomic mass is 19.4. The number of nitrogens with one attached hydrogen (secondary N) is 1. The van der Waals surface area contributed by atoms with Gasteiger partial charge in [0.2, 0.25) is 0 Å². The van der Waals surface area contributed by atoms with E-state index in [-0.39, 0.29) is 0 Å². The third kappa shape index (κ3) is 5.37. The highest BCUT2D eigenvalue weighted by Gasteiger charge is 2.30. The topological polar surface area (TPSA) is 53.6 Å². The average Bonchev–Trinajstić information content (AvgIpc) is 3.19. The molecule has 1 aromatic heterocycles. The zero-order valence-electron chi connectivity index (χ0n) is 19.6. The number of ether oxygens (including phenoxy) is 2. The maximum atomic E-state index is 12.8. The monoisotopic (exact) mass is 474 g/mol. The molecule has 0 radical (unpaired) electrons. The van der Waals surface area contributed by atoms with Crippen molar-refractivity contribution in [1.29, 1.82) is 0 Å². The predicted octanol–water partition coefficient (Wildman–Crippen LogP) is 4.74. The van der Waals surface area contributed by atoms with E-state index in [0.29, 0.717) is 11.4 Å². The Morgan fingerprint density at radius 3 is 2.15 bits per heavy atom. The van der Waals surface area contributed by atoms with Crippen molar-refractivity contribution in [2.75, 3.05) is 40.4 Å². The normalized spacial score (nSPS) is 15.5. The van der Waals surface area contributed by atoms with Crippen LogP contribution in [0.1, 0.15) is 22.5 Å². The number of aryl methyl sites for hydroxylation is 1. The molecular weight excluding hydrogens is 445 g/mol. The van der Waals surface area contributed by atoms with E-state index in [1.165, 1.54) is 12.1 Å². The van der Waals surface area contributed by atoms with E-state index in [4.69, 9.17) is 9.47 Å². The highest BCUT2D eigenvalue weighted by molar-refractivity contribution is 5.56. The number of H-pyrrole nitrogens is 1. The number of alkyl halides is 3. The molecule has 3 aromatic rings. The quantitative estimate of drug-likeness (QED) is 0.536. The lowest BCUT2D eigenvalue weighted by Gasteiger charge is -2.34. The fourth-order valence-corrected chi connectivity index (χ4v) is 4.25. The van der Waals surface area contributed by atoms with Gasteiger partial charge in [-0.2, -0.15) is 13.2 Å². The van der Waals surface area contributed by atoms with Crippen LogP contribution in [-0.4, -0.2) is 60.2 Å². The van der Waals surface area contributed by atoms with E-state index in [0.717, 1.165) is 79.9 Å². The third-order valence-corrected chi connectivity index (χ3v) is 6.20. The summed E-state index contributed by atoms with van der Waals surface area (Å²) in [6.07, 6.45) is -4.34. The Balaban J connectivity index is 1.36. The number of para-hydroxylation sites is 1. The standard InChI is InChI=1S/C25H29F3N4O2/c1-17-21(30-24(29-17)18-7-9-20(10-8-18)25(26,27)28)16-32-13-11-31(12-14-32)15-19-5-4-6-22(33-2)23(19)34-3/h4-10H,11-16H2,1-3H3,(H,29,30). The van der Waals surface area contributed by atoms with Crippen molar-refractivity contribution in [2.24, 2.45) is 0 Å². The lowest BCUT2D eigenvalue weighted by molar-refractivity contribution is -0.137. The Kier molecular flexibility index (Phi) is 7.13. The number of benzene rings is 2. The van der Waals surface area contributed by atoms with Crippen LogP contribution in [0.4, 0.5) is 13.2 Å². The number of nitrogens with zero attached hydrogens (tertiary/aromatic N) is 3. The number of methoxy groups -OCH3 is 2. The number of hydrogen-bond donors (Lipinski definition) is 1. The van der Waals surface area contributed by atoms with Crippen LogP contribution in [0.5, 0.6) is 11.5 Å². The van der Waals surface area contributed by atoms with E-state index in [1.807, 2.05) is 19.1 Å². The Hall–Kier alpha value is -3.04. The molecule has 1 saturated heterocycles. The minimum Gasteiger partial charge on any atom is -0.493 e. The molecule has 1 aliphatic heterocycles. The van der Waals surface area contributed by atoms with Crippen LogP contribution in [0.2, 0.25) is 0 Å². The van der Waals surface area contributed by atoms with Gasteiger partial charge in [-0.15, -0.1) is 0 Å². The van der Waals surface area contributed by atoms with Gasteiger partial charge in [0.25, 0.3) is 0 Å². The average molecular weight is 475 g/mol. The summed E-state index contributed by atoms with van der Waals surface area (Å²) >= 11 is 0. The first kappa shape index (κ1) is 24.1. The van der Waals surface area contributed by atoms with Gasteiger partial charge in [-0.3, -0.25) is 9.80 Å². The van der Waals surface area contributed by atoms with Crippen molar-refractivity contribution < 1.29 is 22.6 Å². The SMILES string of the molecule is COc1cccc(CN2CCN(Cc3[nH]c(-c4ccc(C(F)(F)F)cc4)nc3C)CC2)c1OC. The van der Waals surface area contributed by atoms with Gasteiger partial charge in [0.1, 0.15) is 5.82 Å². The fourth-order valence-electron chi connectivity index (χ4n) is 4.25. The Bertz CT molecular complexity index is 1100. The second-order valence-corrected chi connectivity index (χ2v) is 8.43. The van der Waals surface area contributed by atoms with Crippen molar-refractivity contribution >= 4 is 0 Å². The molecule has 4 rings (SSSR count). The molecule has 1 aliphatic rings. The first-order valence-corrected chi connectivity index (χ1v) is 11.2. The fraction of sp³-hybridized carbons (Fsp3) is 0.400. The van der Waals surface area contributed by atoms with E-state index in [1.54, 1.807) is 14.2 Å². The summed E-state index contributed by atoms with van der Waals surface area (Å²) in [5, 5.41) is 0. The maximum absolute atomic E-state index is 12.8. The minimum absolute atomic E-state index is 0.588. The smallest absolute Gasteiger partial charge is 0.416 e. The first-order chi connectivity index (χ1) is 16.3. The molecule has 0 bridgehead atoms. The molecule has 0 saturated carbocycles. The first-order valence-electron chi connectivity index (χ1n) is 11.2. The molecule has 9 heteroatoms. The van der Waals surface area contributed by atoms with Gasteiger partial charge in [-0.05, 0) is 25.1 Å². The Labute approximate surface area is 197 Å². The number of halogens is 3. The van der Waals surface area contributed by atoms with E-state index < -0.39 is 11.7 Å². The summed E-state index contributed by atoms with van der Waals surface area (Å²) < 4.78 is 49.4. The van der Waals surface area contributed by atoms with Crippen LogP contribution in [0.25, 0.3) is 11.4 Å². The summed E-state index contributed by atoms with van der Waals surface area (Å²) in [6.45, 7) is 7.06. The van der Waals surface area contributed by atoms with Crippen molar-refractivity contribution in [1.82, 2.24) is 19.8 Å². The third-order valence-electron chi connectivity index (χ3n) is 6.20. The van der Waals surface area contributed by atoms with Gasteiger partial charge >= 0.3 is 6.18 Å². The number of imidazole rings is 1. The Morgan fingerprint density at radius 1 is 0.912 bits per heavy atom. The lowest BCUT2D eigenvalue weighted by atomic mass is 10.1. The van der Waals surface area contributed by atoms with Crippen LogP contribution in [0.15, 0.2) is 42.5 Å². The van der Waals surface area contributed by atoms with Gasteiger partial charge < -0.3 is 14.5 Å². The second-order valence-electron chi connectivity index (χ2n) is 8.43. The highest BCUT2D eigenvalue weighted by Crippen LogP contribution is 2.32. The summed E-state index contributed by atoms with van der Waals surface area (Å²) in [5.74, 6) is 2.10. The van der Waals surface area contributed by atoms with Crippen molar-refractivity contribution in [3.05, 3.63) is 65.0 Å². The number of piperazine rings is 1. The van der Waals surface area contributed by atoms with Crippen molar-refractivity contribution in [3.63, 3.8) is 0 Å². The predicted molar refractivity (Wildman–Crippen MR) is 124 cm³/mol. The van der Waals surface area contributed by atoms with Crippen LogP contribution in [-0.2, 0) is 19.3 Å². The van der Waals surface area contributed by atoms with Gasteiger partial charge in [-0.1, -0.05) is 24.3 Å². The molecule has 182 valence electrons. The van der Waals surface area contributed by atoms with Crippen LogP contribution >= 0.6 is 0 Å². The summed E-state index contributed by atoms with van der Waals surface area (Å²) in [5.41, 5.74) is 2.92. The minimum atomic E-state index is -4.34. The molecule has 1 N–H and O–H groups in total. The Morgan fingerprint density at radius 2 is 1.56 bits per heavy atom. The number of aromatic amines is 1. The zero-order chi connectivity index (χ0) is 24.3. The van der Waals surface area contributed by atoms with E-state index in [2.05, 4.69) is 25.8 Å². The van der Waals surface area contributed by atoms with Gasteiger partial charge in [0, 0.05) is 50.4 Å². The molecule has 0 amide bonds. The molecule has 0 aliphatic carbocycles. The van der Waals surface area contributed by atoms with Crippen molar-refractivity contribution in [3.8, 4) is 22.9 Å². The molecule has 0 spiro atoms. The lowest BCUT2D eigenvalue weighted by Crippen LogP contribution is -2.45.